The smallest absolute Gasteiger partial charge is 0.306 e. The maximum absolute atomic E-state index is 11.9. The van der Waals surface area contributed by atoms with E-state index in [0.29, 0.717) is 19.3 Å². The summed E-state index contributed by atoms with van der Waals surface area (Å²) >= 11 is 3.26. The van der Waals surface area contributed by atoms with Crippen molar-refractivity contribution in [3.8, 4) is 6.07 Å². The minimum absolute atomic E-state index is 0.258. The van der Waals surface area contributed by atoms with Crippen LogP contribution in [0.2, 0.25) is 0 Å². The van der Waals surface area contributed by atoms with Gasteiger partial charge in [0.1, 0.15) is 5.54 Å². The topological polar surface area (TPSA) is 92.1 Å². The summed E-state index contributed by atoms with van der Waals surface area (Å²) in [6.45, 7) is -0.326. The van der Waals surface area contributed by atoms with Crippen LogP contribution in [0.15, 0.2) is 28.6 Å². The largest absolute Gasteiger partial charge is 0.456 e. The number of carbonyl (C=O) groups is 2. The summed E-state index contributed by atoms with van der Waals surface area (Å²) in [6.07, 6.45) is 4.09. The number of nitrogens with zero attached hydrogens (tertiary/aromatic N) is 2. The fourth-order valence-electron chi connectivity index (χ4n) is 3.05. The van der Waals surface area contributed by atoms with Crippen LogP contribution in [0.4, 0.5) is 0 Å². The van der Waals surface area contributed by atoms with Crippen LogP contribution < -0.4 is 5.32 Å². The number of thioether (sulfide) groups is 1. The third-order valence-electron chi connectivity index (χ3n) is 4.44. The molecule has 2 aromatic rings. The average molecular weight is 404 g/mol. The summed E-state index contributed by atoms with van der Waals surface area (Å²) in [4.78, 5) is 28.3. The first-order chi connectivity index (χ1) is 13.1. The Morgan fingerprint density at radius 1 is 1.33 bits per heavy atom. The lowest BCUT2D eigenvalue weighted by Crippen LogP contribution is -2.46. The maximum atomic E-state index is 11.9. The lowest BCUT2D eigenvalue weighted by molar-refractivity contribution is -0.148. The lowest BCUT2D eigenvalue weighted by atomic mass is 10.00. The highest BCUT2D eigenvalue weighted by Crippen LogP contribution is 2.30. The molecule has 1 saturated carbocycles. The summed E-state index contributed by atoms with van der Waals surface area (Å²) in [5.41, 5.74) is 0.213. The first-order valence-corrected chi connectivity index (χ1v) is 10.8. The molecule has 1 aliphatic carbocycles. The van der Waals surface area contributed by atoms with Crippen LogP contribution in [0.5, 0.6) is 0 Å². The van der Waals surface area contributed by atoms with Gasteiger partial charge in [0.05, 0.1) is 16.3 Å². The molecule has 1 aromatic heterocycles. The molecule has 1 aliphatic rings. The summed E-state index contributed by atoms with van der Waals surface area (Å²) in [6, 6.07) is 10.2. The number of esters is 1. The zero-order valence-electron chi connectivity index (χ0n) is 14.9. The fraction of sp³-hybridized carbons (Fsp3) is 0.474. The number of aromatic nitrogens is 1. The van der Waals surface area contributed by atoms with Gasteiger partial charge in [-0.2, -0.15) is 5.26 Å². The molecule has 142 valence electrons. The number of thiazole rings is 1. The SMILES string of the molecule is N#CC1(NC(=O)COC(=O)CCCSc2nc3ccccc3s2)CCCC1. The predicted molar refractivity (Wildman–Crippen MR) is 105 cm³/mol. The van der Waals surface area contributed by atoms with E-state index in [0.717, 1.165) is 33.2 Å². The van der Waals surface area contributed by atoms with Crippen LogP contribution in [0.25, 0.3) is 10.2 Å². The van der Waals surface area contributed by atoms with Gasteiger partial charge in [-0.25, -0.2) is 4.98 Å². The van der Waals surface area contributed by atoms with Crippen LogP contribution >= 0.6 is 23.1 Å². The highest BCUT2D eigenvalue weighted by molar-refractivity contribution is 8.01. The van der Waals surface area contributed by atoms with Crippen LogP contribution in [0.1, 0.15) is 38.5 Å². The summed E-state index contributed by atoms with van der Waals surface area (Å²) < 4.78 is 7.16. The van der Waals surface area contributed by atoms with Crippen molar-refractivity contribution in [1.29, 1.82) is 5.26 Å². The van der Waals surface area contributed by atoms with Gasteiger partial charge in [0, 0.05) is 12.2 Å². The minimum Gasteiger partial charge on any atom is -0.456 e. The molecule has 0 saturated heterocycles. The fourth-order valence-corrected chi connectivity index (χ4v) is 5.13. The predicted octanol–water partition coefficient (Wildman–Crippen LogP) is 3.66. The standard InChI is InChI=1S/C19H21N3O3S2/c20-13-19(9-3-4-10-19)22-16(23)12-25-17(24)8-5-11-26-18-21-14-6-1-2-7-15(14)27-18/h1-2,6-7H,3-5,8-12H2,(H,22,23). The van der Waals surface area contributed by atoms with E-state index in [1.807, 2.05) is 24.3 Å². The first kappa shape index (κ1) is 19.6. The highest BCUT2D eigenvalue weighted by Gasteiger charge is 2.35. The van der Waals surface area contributed by atoms with Gasteiger partial charge in [0.15, 0.2) is 10.9 Å². The zero-order chi connectivity index (χ0) is 19.1. The second-order valence-corrected chi connectivity index (χ2v) is 8.88. The number of benzene rings is 1. The number of hydrogen-bond acceptors (Lipinski definition) is 7. The molecule has 6 nitrogen and oxygen atoms in total. The third-order valence-corrected chi connectivity index (χ3v) is 6.70. The summed E-state index contributed by atoms with van der Waals surface area (Å²) in [5, 5.41) is 12.0. The normalized spacial score (nSPS) is 15.4. The second-order valence-electron chi connectivity index (χ2n) is 6.51. The Hall–Kier alpha value is -2.11. The van der Waals surface area contributed by atoms with Gasteiger partial charge in [-0.05, 0) is 44.2 Å². The molecule has 1 aromatic carbocycles. The van der Waals surface area contributed by atoms with E-state index in [1.54, 1.807) is 23.1 Å². The molecule has 3 rings (SSSR count). The Bertz CT molecular complexity index is 820. The van der Waals surface area contributed by atoms with Crippen molar-refractivity contribution < 1.29 is 14.3 Å². The van der Waals surface area contributed by atoms with Crippen LogP contribution in [0, 0.1) is 11.3 Å². The molecule has 0 atom stereocenters. The number of fused-ring (bicyclic) bond motifs is 1. The summed E-state index contributed by atoms with van der Waals surface area (Å²) in [7, 11) is 0. The third kappa shape index (κ3) is 5.44. The van der Waals surface area contributed by atoms with Gasteiger partial charge in [-0.3, -0.25) is 9.59 Å². The highest BCUT2D eigenvalue weighted by atomic mass is 32.2. The Morgan fingerprint density at radius 3 is 2.85 bits per heavy atom. The van der Waals surface area contributed by atoms with Crippen molar-refractivity contribution >= 4 is 45.2 Å². The molecule has 1 fully saturated rings. The van der Waals surface area contributed by atoms with E-state index < -0.39 is 17.4 Å². The van der Waals surface area contributed by atoms with E-state index in [2.05, 4.69) is 16.4 Å². The van der Waals surface area contributed by atoms with Crippen molar-refractivity contribution in [2.75, 3.05) is 12.4 Å². The molecule has 1 amide bonds. The van der Waals surface area contributed by atoms with Gasteiger partial charge in [-0.15, -0.1) is 11.3 Å². The minimum atomic E-state index is -0.780. The van der Waals surface area contributed by atoms with Crippen LogP contribution in [-0.4, -0.2) is 34.8 Å². The second kappa shape index (κ2) is 9.20. The molecule has 0 spiro atoms. The number of nitrogens with one attached hydrogen (secondary N) is 1. The number of carbonyl (C=O) groups excluding carboxylic acids is 2. The quantitative estimate of drug-likeness (QED) is 0.411. The molecule has 1 heterocycles. The lowest BCUT2D eigenvalue weighted by Gasteiger charge is -2.21. The van der Waals surface area contributed by atoms with E-state index in [-0.39, 0.29) is 13.0 Å². The number of ether oxygens (including phenoxy) is 1. The molecule has 1 N–H and O–H groups in total. The summed E-state index contributed by atoms with van der Waals surface area (Å²) in [5.74, 6) is -0.0401. The first-order valence-electron chi connectivity index (χ1n) is 8.96. The van der Waals surface area contributed by atoms with Crippen molar-refractivity contribution in [1.82, 2.24) is 10.3 Å². The number of para-hydroxylation sites is 1. The van der Waals surface area contributed by atoms with Crippen LogP contribution in [0.3, 0.4) is 0 Å². The van der Waals surface area contributed by atoms with E-state index >= 15 is 0 Å². The number of nitriles is 1. The van der Waals surface area contributed by atoms with E-state index in [4.69, 9.17) is 4.74 Å². The Morgan fingerprint density at radius 2 is 2.11 bits per heavy atom. The molecule has 0 radical (unpaired) electrons. The van der Waals surface area contributed by atoms with Gasteiger partial charge >= 0.3 is 5.97 Å². The van der Waals surface area contributed by atoms with E-state index in [9.17, 15) is 14.9 Å². The van der Waals surface area contributed by atoms with Crippen LogP contribution in [-0.2, 0) is 14.3 Å². The molecule has 0 aliphatic heterocycles. The van der Waals surface area contributed by atoms with Crippen molar-refractivity contribution in [2.24, 2.45) is 0 Å². The monoisotopic (exact) mass is 403 g/mol. The average Bonchev–Trinajstić information content (AvgIpc) is 3.30. The van der Waals surface area contributed by atoms with Crippen molar-refractivity contribution in [2.45, 2.75) is 48.4 Å². The molecule has 8 heteroatoms. The van der Waals surface area contributed by atoms with Crippen molar-refractivity contribution in [3.05, 3.63) is 24.3 Å². The molecular weight excluding hydrogens is 382 g/mol. The zero-order valence-corrected chi connectivity index (χ0v) is 16.5. The maximum Gasteiger partial charge on any atom is 0.306 e. The molecule has 27 heavy (non-hydrogen) atoms. The number of amides is 1. The molecule has 0 bridgehead atoms. The van der Waals surface area contributed by atoms with Gasteiger partial charge < -0.3 is 10.1 Å². The Balaban J connectivity index is 1.32. The molecular formula is C19H21N3O3S2. The van der Waals surface area contributed by atoms with Crippen molar-refractivity contribution in [3.63, 3.8) is 0 Å². The van der Waals surface area contributed by atoms with Gasteiger partial charge in [-0.1, -0.05) is 23.9 Å². The van der Waals surface area contributed by atoms with E-state index in [1.165, 1.54) is 0 Å². The number of hydrogen-bond donors (Lipinski definition) is 1. The Kier molecular flexibility index (Phi) is 6.69. The number of rotatable bonds is 8. The van der Waals surface area contributed by atoms with Gasteiger partial charge in [0.25, 0.3) is 5.91 Å². The van der Waals surface area contributed by atoms with Gasteiger partial charge in [0.2, 0.25) is 0 Å². The molecule has 0 unspecified atom stereocenters. The Labute approximate surface area is 166 Å².